The highest BCUT2D eigenvalue weighted by atomic mass is 16.3. The molecule has 0 radical (unpaired) electrons. The van der Waals surface area contributed by atoms with Crippen molar-refractivity contribution in [1.82, 2.24) is 0 Å². The Morgan fingerprint density at radius 1 is 1.12 bits per heavy atom. The number of hydrogen-bond donors (Lipinski definition) is 1. The van der Waals surface area contributed by atoms with Crippen molar-refractivity contribution in [2.75, 3.05) is 0 Å². The minimum Gasteiger partial charge on any atom is -0.507 e. The lowest BCUT2D eigenvalue weighted by Gasteiger charge is -2.02. The van der Waals surface area contributed by atoms with Gasteiger partial charge in [-0.1, -0.05) is 42.2 Å². The third kappa shape index (κ3) is 1.82. The molecule has 0 unspecified atom stereocenters. The summed E-state index contributed by atoms with van der Waals surface area (Å²) in [4.78, 5) is 0. The van der Waals surface area contributed by atoms with Crippen LogP contribution in [0, 0.1) is 23.2 Å². The first-order chi connectivity index (χ1) is 7.83. The molecule has 0 aliphatic carbocycles. The molecule has 0 fully saturated rings. The van der Waals surface area contributed by atoms with Gasteiger partial charge < -0.3 is 5.11 Å². The van der Waals surface area contributed by atoms with Crippen LogP contribution in [0.3, 0.4) is 0 Å². The van der Waals surface area contributed by atoms with E-state index in [2.05, 4.69) is 11.8 Å². The van der Waals surface area contributed by atoms with Gasteiger partial charge in [-0.3, -0.25) is 0 Å². The number of fused-ring (bicyclic) bond motifs is 1. The van der Waals surface area contributed by atoms with Gasteiger partial charge in [0.25, 0.3) is 0 Å². The number of hydrogen-bond acceptors (Lipinski definition) is 2. The van der Waals surface area contributed by atoms with E-state index in [1.807, 2.05) is 36.4 Å². The fourth-order valence-electron chi connectivity index (χ4n) is 1.56. The average Bonchev–Trinajstić information content (AvgIpc) is 2.32. The lowest BCUT2D eigenvalue weighted by atomic mass is 10.0. The van der Waals surface area contributed by atoms with E-state index in [0.29, 0.717) is 5.56 Å². The first kappa shape index (κ1) is 10.1. The molecule has 0 bridgehead atoms. The molecular formula is C14H9NO. The van der Waals surface area contributed by atoms with Crippen LogP contribution < -0.4 is 0 Å². The molecule has 0 spiro atoms. The predicted octanol–water partition coefficient (Wildman–Crippen LogP) is 2.81. The van der Waals surface area contributed by atoms with E-state index in [1.165, 1.54) is 0 Å². The summed E-state index contributed by atoms with van der Waals surface area (Å²) in [7, 11) is 0. The molecular weight excluding hydrogens is 198 g/mol. The lowest BCUT2D eigenvalue weighted by molar-refractivity contribution is 0.474. The zero-order chi connectivity index (χ0) is 11.4. The van der Waals surface area contributed by atoms with Crippen LogP contribution in [0.1, 0.15) is 12.0 Å². The molecule has 0 saturated heterocycles. The van der Waals surface area contributed by atoms with E-state index >= 15 is 0 Å². The SMILES string of the molecule is N#CCC#Cc1c(O)ccc2ccccc12. The second-order valence-corrected chi connectivity index (χ2v) is 3.32. The summed E-state index contributed by atoms with van der Waals surface area (Å²) in [6.45, 7) is 0. The highest BCUT2D eigenvalue weighted by Gasteiger charge is 2.02. The second kappa shape index (κ2) is 4.38. The van der Waals surface area contributed by atoms with Crippen molar-refractivity contribution in [1.29, 1.82) is 5.26 Å². The molecule has 0 heterocycles. The molecule has 2 aromatic carbocycles. The fraction of sp³-hybridized carbons (Fsp3) is 0.0714. The van der Waals surface area contributed by atoms with Crippen molar-refractivity contribution in [3.63, 3.8) is 0 Å². The molecule has 2 heteroatoms. The predicted molar refractivity (Wildman–Crippen MR) is 62.7 cm³/mol. The molecule has 76 valence electrons. The Labute approximate surface area is 93.8 Å². The molecule has 0 aromatic heterocycles. The van der Waals surface area contributed by atoms with Crippen LogP contribution in [0.4, 0.5) is 0 Å². The number of phenols is 1. The van der Waals surface area contributed by atoms with Gasteiger partial charge in [-0.15, -0.1) is 0 Å². The monoisotopic (exact) mass is 207 g/mol. The van der Waals surface area contributed by atoms with E-state index in [9.17, 15) is 5.11 Å². The summed E-state index contributed by atoms with van der Waals surface area (Å²) in [5, 5.41) is 20.1. The van der Waals surface area contributed by atoms with Crippen molar-refractivity contribution in [3.05, 3.63) is 42.0 Å². The molecule has 2 nitrogen and oxygen atoms in total. The maximum atomic E-state index is 9.72. The van der Waals surface area contributed by atoms with Gasteiger partial charge in [0.05, 0.1) is 18.1 Å². The standard InChI is InChI=1S/C14H9NO/c15-10-4-3-7-13-12-6-2-1-5-11(12)8-9-14(13)16/h1-2,5-6,8-9,16H,4H2. The maximum absolute atomic E-state index is 9.72. The van der Waals surface area contributed by atoms with Crippen molar-refractivity contribution < 1.29 is 5.11 Å². The number of benzene rings is 2. The zero-order valence-electron chi connectivity index (χ0n) is 8.57. The number of nitriles is 1. The quantitative estimate of drug-likeness (QED) is 0.675. The number of nitrogens with zero attached hydrogens (tertiary/aromatic N) is 1. The molecule has 1 N–H and O–H groups in total. The van der Waals surface area contributed by atoms with Crippen LogP contribution in [-0.2, 0) is 0 Å². The Bertz CT molecular complexity index is 626. The molecule has 0 aliphatic heterocycles. The smallest absolute Gasteiger partial charge is 0.131 e. The van der Waals surface area contributed by atoms with Crippen LogP contribution in [0.2, 0.25) is 0 Å². The van der Waals surface area contributed by atoms with Gasteiger partial charge in [-0.05, 0) is 11.5 Å². The molecule has 0 amide bonds. The van der Waals surface area contributed by atoms with Crippen LogP contribution in [0.25, 0.3) is 10.8 Å². The number of aromatic hydroxyl groups is 1. The Balaban J connectivity index is 2.64. The highest BCUT2D eigenvalue weighted by Crippen LogP contribution is 2.25. The summed E-state index contributed by atoms with van der Waals surface area (Å²) < 4.78 is 0. The molecule has 2 rings (SSSR count). The molecule has 0 saturated carbocycles. The van der Waals surface area contributed by atoms with E-state index in [0.717, 1.165) is 10.8 Å². The zero-order valence-corrected chi connectivity index (χ0v) is 8.57. The summed E-state index contributed by atoms with van der Waals surface area (Å²) in [6.07, 6.45) is 0.169. The minimum atomic E-state index is 0.157. The molecule has 0 aliphatic rings. The normalized spacial score (nSPS) is 9.19. The number of rotatable bonds is 0. The summed E-state index contributed by atoms with van der Waals surface area (Å²) in [5.74, 6) is 5.70. The van der Waals surface area contributed by atoms with Gasteiger partial charge in [0.2, 0.25) is 0 Å². The van der Waals surface area contributed by atoms with E-state index in [4.69, 9.17) is 5.26 Å². The largest absolute Gasteiger partial charge is 0.507 e. The van der Waals surface area contributed by atoms with E-state index in [1.54, 1.807) is 6.07 Å². The molecule has 2 aromatic rings. The Hall–Kier alpha value is -2.45. The van der Waals surface area contributed by atoms with Gasteiger partial charge in [0.15, 0.2) is 0 Å². The van der Waals surface area contributed by atoms with Crippen LogP contribution in [-0.4, -0.2) is 5.11 Å². The Kier molecular flexibility index (Phi) is 2.76. The van der Waals surface area contributed by atoms with Crippen molar-refractivity contribution in [2.24, 2.45) is 0 Å². The molecule has 16 heavy (non-hydrogen) atoms. The van der Waals surface area contributed by atoms with Gasteiger partial charge in [0, 0.05) is 5.39 Å². The minimum absolute atomic E-state index is 0.157. The summed E-state index contributed by atoms with van der Waals surface area (Å²) in [6, 6.07) is 13.1. The third-order valence-electron chi connectivity index (χ3n) is 2.29. The maximum Gasteiger partial charge on any atom is 0.131 e. The fourth-order valence-corrected chi connectivity index (χ4v) is 1.56. The molecule has 0 atom stereocenters. The van der Waals surface area contributed by atoms with Crippen LogP contribution >= 0.6 is 0 Å². The highest BCUT2D eigenvalue weighted by molar-refractivity contribution is 5.90. The number of phenolic OH excluding ortho intramolecular Hbond substituents is 1. The van der Waals surface area contributed by atoms with Crippen molar-refractivity contribution in [3.8, 4) is 23.7 Å². The Morgan fingerprint density at radius 2 is 1.94 bits per heavy atom. The third-order valence-corrected chi connectivity index (χ3v) is 2.29. The van der Waals surface area contributed by atoms with Crippen LogP contribution in [0.5, 0.6) is 5.75 Å². The van der Waals surface area contributed by atoms with Crippen molar-refractivity contribution in [2.45, 2.75) is 6.42 Å². The van der Waals surface area contributed by atoms with Gasteiger partial charge in [-0.25, -0.2) is 0 Å². The first-order valence-electron chi connectivity index (χ1n) is 4.89. The van der Waals surface area contributed by atoms with Gasteiger partial charge in [-0.2, -0.15) is 5.26 Å². The summed E-state index contributed by atoms with van der Waals surface area (Å²) >= 11 is 0. The van der Waals surface area contributed by atoms with Gasteiger partial charge in [0.1, 0.15) is 5.75 Å². The second-order valence-electron chi connectivity index (χ2n) is 3.32. The lowest BCUT2D eigenvalue weighted by Crippen LogP contribution is -1.81. The van der Waals surface area contributed by atoms with Gasteiger partial charge >= 0.3 is 0 Å². The van der Waals surface area contributed by atoms with Crippen molar-refractivity contribution >= 4 is 10.8 Å². The van der Waals surface area contributed by atoms with Crippen LogP contribution in [0.15, 0.2) is 36.4 Å². The summed E-state index contributed by atoms with van der Waals surface area (Å²) in [5.41, 5.74) is 0.591. The first-order valence-corrected chi connectivity index (χ1v) is 4.89. The van der Waals surface area contributed by atoms with E-state index < -0.39 is 0 Å². The topological polar surface area (TPSA) is 44.0 Å². The van der Waals surface area contributed by atoms with E-state index in [-0.39, 0.29) is 12.2 Å². The average molecular weight is 207 g/mol. The Morgan fingerprint density at radius 3 is 2.75 bits per heavy atom.